The Bertz CT molecular complexity index is 428. The van der Waals surface area contributed by atoms with Gasteiger partial charge in [-0.25, -0.2) is 0 Å². The molecule has 0 aliphatic heterocycles. The predicted octanol–water partition coefficient (Wildman–Crippen LogP) is 2.34. The Morgan fingerprint density at radius 1 is 1.28 bits per heavy atom. The van der Waals surface area contributed by atoms with Gasteiger partial charge in [0.15, 0.2) is 0 Å². The summed E-state index contributed by atoms with van der Waals surface area (Å²) in [4.78, 5) is 12.2. The molecular formula is C15H21NO2. The van der Waals surface area contributed by atoms with Gasteiger partial charge in [-0.05, 0) is 37.8 Å². The highest BCUT2D eigenvalue weighted by Crippen LogP contribution is 2.28. The number of nitrogens with one attached hydrogen (secondary N) is 1. The van der Waals surface area contributed by atoms with Crippen molar-refractivity contribution in [3.8, 4) is 0 Å². The molecule has 2 rings (SSSR count). The van der Waals surface area contributed by atoms with Crippen LogP contribution in [0.1, 0.15) is 47.2 Å². The van der Waals surface area contributed by atoms with E-state index in [1.807, 2.05) is 32.0 Å². The fourth-order valence-electron chi connectivity index (χ4n) is 2.72. The molecule has 0 saturated heterocycles. The van der Waals surface area contributed by atoms with Crippen LogP contribution in [-0.4, -0.2) is 23.2 Å². The second-order valence-electron chi connectivity index (χ2n) is 5.38. The number of benzene rings is 1. The van der Waals surface area contributed by atoms with Crippen molar-refractivity contribution in [1.29, 1.82) is 0 Å². The molecule has 98 valence electrons. The summed E-state index contributed by atoms with van der Waals surface area (Å²) in [6.07, 6.45) is 3.69. The Hall–Kier alpha value is -1.35. The summed E-state index contributed by atoms with van der Waals surface area (Å²) in [5, 5.41) is 13.1. The van der Waals surface area contributed by atoms with Crippen molar-refractivity contribution >= 4 is 5.91 Å². The van der Waals surface area contributed by atoms with E-state index in [4.69, 9.17) is 0 Å². The lowest BCUT2D eigenvalue weighted by molar-refractivity contribution is 0.0449. The second kappa shape index (κ2) is 5.11. The summed E-state index contributed by atoms with van der Waals surface area (Å²) in [5.74, 6) is -0.0778. The fraction of sp³-hybridized carbons (Fsp3) is 0.533. The van der Waals surface area contributed by atoms with Crippen LogP contribution in [0.25, 0.3) is 0 Å². The van der Waals surface area contributed by atoms with Crippen LogP contribution in [0, 0.1) is 13.8 Å². The van der Waals surface area contributed by atoms with Crippen molar-refractivity contribution in [2.24, 2.45) is 0 Å². The van der Waals surface area contributed by atoms with Gasteiger partial charge < -0.3 is 10.4 Å². The molecule has 0 radical (unpaired) electrons. The van der Waals surface area contributed by atoms with E-state index < -0.39 is 5.60 Å². The Labute approximate surface area is 108 Å². The van der Waals surface area contributed by atoms with Crippen molar-refractivity contribution < 1.29 is 9.90 Å². The lowest BCUT2D eigenvalue weighted by atomic mass is 10.0. The summed E-state index contributed by atoms with van der Waals surface area (Å²) in [5.41, 5.74) is 2.00. The molecule has 1 aliphatic carbocycles. The molecule has 1 saturated carbocycles. The fourth-order valence-corrected chi connectivity index (χ4v) is 2.72. The van der Waals surface area contributed by atoms with Gasteiger partial charge in [-0.15, -0.1) is 0 Å². The summed E-state index contributed by atoms with van der Waals surface area (Å²) in [6, 6.07) is 5.82. The Balaban J connectivity index is 2.04. The first-order valence-corrected chi connectivity index (χ1v) is 6.59. The number of aryl methyl sites for hydroxylation is 2. The molecule has 3 nitrogen and oxygen atoms in total. The van der Waals surface area contributed by atoms with Gasteiger partial charge in [0.1, 0.15) is 0 Å². The summed E-state index contributed by atoms with van der Waals surface area (Å²) in [7, 11) is 0. The average molecular weight is 247 g/mol. The SMILES string of the molecule is Cc1cccc(C)c1C(=O)NCC1(O)CCCC1. The molecular weight excluding hydrogens is 226 g/mol. The maximum absolute atomic E-state index is 12.2. The van der Waals surface area contributed by atoms with Crippen LogP contribution in [-0.2, 0) is 0 Å². The quantitative estimate of drug-likeness (QED) is 0.861. The van der Waals surface area contributed by atoms with Crippen molar-refractivity contribution in [1.82, 2.24) is 5.32 Å². The van der Waals surface area contributed by atoms with E-state index in [-0.39, 0.29) is 5.91 Å². The molecule has 0 spiro atoms. The van der Waals surface area contributed by atoms with E-state index in [1.54, 1.807) is 0 Å². The topological polar surface area (TPSA) is 49.3 Å². The largest absolute Gasteiger partial charge is 0.388 e. The smallest absolute Gasteiger partial charge is 0.251 e. The molecule has 2 N–H and O–H groups in total. The molecule has 0 atom stereocenters. The summed E-state index contributed by atoms with van der Waals surface area (Å²) < 4.78 is 0. The van der Waals surface area contributed by atoms with Crippen molar-refractivity contribution in [2.75, 3.05) is 6.54 Å². The highest BCUT2D eigenvalue weighted by molar-refractivity contribution is 5.97. The Kier molecular flexibility index (Phi) is 3.71. The molecule has 18 heavy (non-hydrogen) atoms. The molecule has 1 fully saturated rings. The minimum Gasteiger partial charge on any atom is -0.388 e. The van der Waals surface area contributed by atoms with Crippen LogP contribution in [0.5, 0.6) is 0 Å². The monoisotopic (exact) mass is 247 g/mol. The van der Waals surface area contributed by atoms with Gasteiger partial charge in [-0.3, -0.25) is 4.79 Å². The van der Waals surface area contributed by atoms with Gasteiger partial charge in [-0.2, -0.15) is 0 Å². The first kappa shape index (κ1) is 13.1. The highest BCUT2D eigenvalue weighted by atomic mass is 16.3. The van der Waals surface area contributed by atoms with Crippen LogP contribution < -0.4 is 5.32 Å². The summed E-state index contributed by atoms with van der Waals surface area (Å²) in [6.45, 7) is 4.23. The maximum Gasteiger partial charge on any atom is 0.251 e. The van der Waals surface area contributed by atoms with Crippen molar-refractivity contribution in [3.63, 3.8) is 0 Å². The third-order valence-electron chi connectivity index (χ3n) is 3.82. The van der Waals surface area contributed by atoms with E-state index in [0.29, 0.717) is 6.54 Å². The number of rotatable bonds is 3. The molecule has 1 aliphatic rings. The zero-order valence-electron chi connectivity index (χ0n) is 11.1. The zero-order chi connectivity index (χ0) is 13.2. The van der Waals surface area contributed by atoms with Crippen LogP contribution in [0.15, 0.2) is 18.2 Å². The zero-order valence-corrected chi connectivity index (χ0v) is 11.1. The highest BCUT2D eigenvalue weighted by Gasteiger charge is 2.31. The van der Waals surface area contributed by atoms with Crippen LogP contribution in [0.2, 0.25) is 0 Å². The molecule has 1 amide bonds. The Morgan fingerprint density at radius 2 is 1.83 bits per heavy atom. The molecule has 0 bridgehead atoms. The third kappa shape index (κ3) is 2.72. The molecule has 1 aromatic rings. The van der Waals surface area contributed by atoms with E-state index in [0.717, 1.165) is 42.4 Å². The van der Waals surface area contributed by atoms with Gasteiger partial charge in [0.25, 0.3) is 5.91 Å². The lowest BCUT2D eigenvalue weighted by Gasteiger charge is -2.22. The number of amides is 1. The maximum atomic E-state index is 12.2. The van der Waals surface area contributed by atoms with Crippen LogP contribution >= 0.6 is 0 Å². The van der Waals surface area contributed by atoms with Crippen molar-refractivity contribution in [3.05, 3.63) is 34.9 Å². The third-order valence-corrected chi connectivity index (χ3v) is 3.82. The number of hydrogen-bond acceptors (Lipinski definition) is 2. The predicted molar refractivity (Wildman–Crippen MR) is 71.7 cm³/mol. The molecule has 1 aromatic carbocycles. The molecule has 0 unspecified atom stereocenters. The number of hydrogen-bond donors (Lipinski definition) is 2. The Morgan fingerprint density at radius 3 is 2.39 bits per heavy atom. The van der Waals surface area contributed by atoms with Crippen molar-refractivity contribution in [2.45, 2.75) is 45.1 Å². The van der Waals surface area contributed by atoms with E-state index in [2.05, 4.69) is 5.32 Å². The molecule has 0 aromatic heterocycles. The normalized spacial score (nSPS) is 17.7. The van der Waals surface area contributed by atoms with E-state index in [9.17, 15) is 9.90 Å². The average Bonchev–Trinajstić information content (AvgIpc) is 2.74. The standard InChI is InChI=1S/C15H21NO2/c1-11-6-5-7-12(2)13(11)14(17)16-10-15(18)8-3-4-9-15/h5-7,18H,3-4,8-10H2,1-2H3,(H,16,17). The van der Waals surface area contributed by atoms with Gasteiger partial charge in [-0.1, -0.05) is 31.0 Å². The van der Waals surface area contributed by atoms with E-state index in [1.165, 1.54) is 0 Å². The minimum atomic E-state index is -0.688. The number of carbonyl (C=O) groups excluding carboxylic acids is 1. The first-order valence-electron chi connectivity index (χ1n) is 6.59. The first-order chi connectivity index (χ1) is 8.52. The minimum absolute atomic E-state index is 0.0778. The summed E-state index contributed by atoms with van der Waals surface area (Å²) >= 11 is 0. The molecule has 0 heterocycles. The molecule has 3 heteroatoms. The van der Waals surface area contributed by atoms with Crippen LogP contribution in [0.3, 0.4) is 0 Å². The van der Waals surface area contributed by atoms with Gasteiger partial charge >= 0.3 is 0 Å². The lowest BCUT2D eigenvalue weighted by Crippen LogP contribution is -2.41. The van der Waals surface area contributed by atoms with Gasteiger partial charge in [0, 0.05) is 12.1 Å². The number of carbonyl (C=O) groups is 1. The second-order valence-corrected chi connectivity index (χ2v) is 5.38. The van der Waals surface area contributed by atoms with E-state index >= 15 is 0 Å². The van der Waals surface area contributed by atoms with Gasteiger partial charge in [0.2, 0.25) is 0 Å². The van der Waals surface area contributed by atoms with Gasteiger partial charge in [0.05, 0.1) is 5.60 Å². The number of aliphatic hydroxyl groups is 1. The van der Waals surface area contributed by atoms with Crippen LogP contribution in [0.4, 0.5) is 0 Å².